The lowest BCUT2D eigenvalue weighted by molar-refractivity contribution is -0.148. The fourth-order valence-electron chi connectivity index (χ4n) is 4.02. The quantitative estimate of drug-likeness (QED) is 0.757. The maximum atomic E-state index is 12.1. The summed E-state index contributed by atoms with van der Waals surface area (Å²) < 4.78 is 5.00. The van der Waals surface area contributed by atoms with E-state index < -0.39 is 5.54 Å². The monoisotopic (exact) mass is 295 g/mol. The molecule has 0 bridgehead atoms. The highest BCUT2D eigenvalue weighted by Gasteiger charge is 2.47. The summed E-state index contributed by atoms with van der Waals surface area (Å²) in [4.78, 5) is 17.3. The molecule has 2 unspecified atom stereocenters. The first-order valence-electron chi connectivity index (χ1n) is 8.40. The van der Waals surface area contributed by atoms with Crippen LogP contribution in [-0.2, 0) is 9.53 Å². The van der Waals surface area contributed by atoms with E-state index >= 15 is 0 Å². The average Bonchev–Trinajstić information content (AvgIpc) is 3.22. The van der Waals surface area contributed by atoms with Crippen molar-refractivity contribution in [2.75, 3.05) is 46.9 Å². The van der Waals surface area contributed by atoms with Crippen molar-refractivity contribution < 1.29 is 9.53 Å². The molecule has 1 aliphatic heterocycles. The summed E-state index contributed by atoms with van der Waals surface area (Å²) in [5.74, 6) is 0.888. The van der Waals surface area contributed by atoms with E-state index in [1.54, 1.807) is 0 Å². The Kier molecular flexibility index (Phi) is 4.52. The van der Waals surface area contributed by atoms with Crippen molar-refractivity contribution in [3.05, 3.63) is 0 Å². The Morgan fingerprint density at radius 2 is 1.95 bits per heavy atom. The Morgan fingerprint density at radius 1 is 1.24 bits per heavy atom. The smallest absolute Gasteiger partial charge is 0.326 e. The number of likely N-dealkylation sites (N-methyl/N-ethyl adjacent to an activating group) is 1. The molecule has 0 amide bonds. The molecule has 5 heteroatoms. The third-order valence-corrected chi connectivity index (χ3v) is 5.68. The second kappa shape index (κ2) is 6.23. The number of ether oxygens (including phenoxy) is 1. The molecular formula is C16H29N3O2. The van der Waals surface area contributed by atoms with Gasteiger partial charge in [0.1, 0.15) is 5.54 Å². The van der Waals surface area contributed by atoms with Crippen LogP contribution in [0.5, 0.6) is 0 Å². The van der Waals surface area contributed by atoms with Gasteiger partial charge < -0.3 is 15.0 Å². The van der Waals surface area contributed by atoms with Gasteiger partial charge in [0.2, 0.25) is 0 Å². The van der Waals surface area contributed by atoms with Crippen LogP contribution in [0.3, 0.4) is 0 Å². The molecule has 3 rings (SSSR count). The Bertz CT molecular complexity index is 378. The number of hydrogen-bond donors (Lipinski definition) is 1. The molecule has 2 aliphatic carbocycles. The summed E-state index contributed by atoms with van der Waals surface area (Å²) >= 11 is 0. The van der Waals surface area contributed by atoms with Crippen LogP contribution in [-0.4, -0.2) is 74.2 Å². The van der Waals surface area contributed by atoms with Gasteiger partial charge in [0.05, 0.1) is 7.11 Å². The van der Waals surface area contributed by atoms with Crippen molar-refractivity contribution in [2.45, 2.75) is 43.7 Å². The van der Waals surface area contributed by atoms with E-state index in [0.29, 0.717) is 6.04 Å². The standard InChI is InChI=1S/C16H29N3O2/c1-17-16(15(20)21-2)6-5-14(11-16)19-9-7-18(8-10-19)12-13-3-4-13/h13-14,17H,3-12H2,1-2H3. The van der Waals surface area contributed by atoms with Crippen molar-refractivity contribution in [3.8, 4) is 0 Å². The average molecular weight is 295 g/mol. The molecule has 1 N–H and O–H groups in total. The highest BCUT2D eigenvalue weighted by Crippen LogP contribution is 2.35. The summed E-state index contributed by atoms with van der Waals surface area (Å²) in [6.07, 6.45) is 5.75. The fourth-order valence-corrected chi connectivity index (χ4v) is 4.02. The maximum Gasteiger partial charge on any atom is 0.326 e. The number of nitrogens with one attached hydrogen (secondary N) is 1. The minimum Gasteiger partial charge on any atom is -0.468 e. The number of hydrogen-bond acceptors (Lipinski definition) is 5. The summed E-state index contributed by atoms with van der Waals surface area (Å²) in [6, 6.07) is 0.527. The van der Waals surface area contributed by atoms with Gasteiger partial charge in [-0.2, -0.15) is 0 Å². The Hall–Kier alpha value is -0.650. The zero-order valence-corrected chi connectivity index (χ0v) is 13.4. The highest BCUT2D eigenvalue weighted by atomic mass is 16.5. The third kappa shape index (κ3) is 3.25. The predicted molar refractivity (Wildman–Crippen MR) is 82.2 cm³/mol. The van der Waals surface area contributed by atoms with Gasteiger partial charge in [-0.25, -0.2) is 0 Å². The Morgan fingerprint density at radius 3 is 2.52 bits per heavy atom. The first-order valence-corrected chi connectivity index (χ1v) is 8.40. The first kappa shape index (κ1) is 15.3. The van der Waals surface area contributed by atoms with Crippen molar-refractivity contribution in [1.29, 1.82) is 0 Å². The van der Waals surface area contributed by atoms with Crippen LogP contribution in [0.1, 0.15) is 32.1 Å². The van der Waals surface area contributed by atoms with Gasteiger partial charge in [-0.05, 0) is 45.1 Å². The van der Waals surface area contributed by atoms with Crippen LogP contribution >= 0.6 is 0 Å². The molecule has 0 aromatic carbocycles. The highest BCUT2D eigenvalue weighted by molar-refractivity contribution is 5.81. The van der Waals surface area contributed by atoms with E-state index in [4.69, 9.17) is 4.74 Å². The molecule has 2 atom stereocenters. The summed E-state index contributed by atoms with van der Waals surface area (Å²) in [5, 5.41) is 3.23. The lowest BCUT2D eigenvalue weighted by Gasteiger charge is -2.38. The van der Waals surface area contributed by atoms with Crippen LogP contribution < -0.4 is 5.32 Å². The number of rotatable bonds is 5. The predicted octanol–water partition coefficient (Wildman–Crippen LogP) is 0.698. The van der Waals surface area contributed by atoms with E-state index in [1.165, 1.54) is 39.6 Å². The Labute approximate surface area is 128 Å². The van der Waals surface area contributed by atoms with Gasteiger partial charge in [-0.3, -0.25) is 9.69 Å². The number of nitrogens with zero attached hydrogens (tertiary/aromatic N) is 2. The van der Waals surface area contributed by atoms with Gasteiger partial charge >= 0.3 is 5.97 Å². The van der Waals surface area contributed by atoms with Crippen molar-refractivity contribution >= 4 is 5.97 Å². The van der Waals surface area contributed by atoms with E-state index in [9.17, 15) is 4.79 Å². The summed E-state index contributed by atoms with van der Waals surface area (Å²) in [7, 11) is 3.37. The zero-order valence-electron chi connectivity index (χ0n) is 13.4. The minimum atomic E-state index is -0.454. The van der Waals surface area contributed by atoms with Crippen molar-refractivity contribution in [3.63, 3.8) is 0 Å². The van der Waals surface area contributed by atoms with E-state index in [-0.39, 0.29) is 5.97 Å². The molecular weight excluding hydrogens is 266 g/mol. The molecule has 21 heavy (non-hydrogen) atoms. The molecule has 3 fully saturated rings. The summed E-state index contributed by atoms with van der Waals surface area (Å²) in [5.41, 5.74) is -0.454. The van der Waals surface area contributed by atoms with Crippen LogP contribution in [0.2, 0.25) is 0 Å². The van der Waals surface area contributed by atoms with Crippen LogP contribution in [0.15, 0.2) is 0 Å². The molecule has 0 aromatic heterocycles. The van der Waals surface area contributed by atoms with Crippen molar-refractivity contribution in [1.82, 2.24) is 15.1 Å². The molecule has 0 radical (unpaired) electrons. The molecule has 3 aliphatic rings. The SMILES string of the molecule is CNC1(C(=O)OC)CCC(N2CCN(CC3CC3)CC2)C1. The van der Waals surface area contributed by atoms with E-state index in [1.807, 2.05) is 7.05 Å². The molecule has 5 nitrogen and oxygen atoms in total. The largest absolute Gasteiger partial charge is 0.468 e. The molecule has 0 spiro atoms. The van der Waals surface area contributed by atoms with Gasteiger partial charge in [-0.15, -0.1) is 0 Å². The zero-order chi connectivity index (χ0) is 14.9. The van der Waals surface area contributed by atoms with Crippen molar-refractivity contribution in [2.24, 2.45) is 5.92 Å². The molecule has 1 saturated heterocycles. The van der Waals surface area contributed by atoms with Gasteiger partial charge in [0.25, 0.3) is 0 Å². The number of carbonyl (C=O) groups is 1. The lowest BCUT2D eigenvalue weighted by Crippen LogP contribution is -2.53. The van der Waals surface area contributed by atoms with Crippen LogP contribution in [0.4, 0.5) is 0 Å². The van der Waals surface area contributed by atoms with Crippen LogP contribution in [0.25, 0.3) is 0 Å². The fraction of sp³-hybridized carbons (Fsp3) is 0.938. The van der Waals surface area contributed by atoms with Gasteiger partial charge in [-0.1, -0.05) is 0 Å². The Balaban J connectivity index is 1.51. The second-order valence-corrected chi connectivity index (χ2v) is 7.00. The number of esters is 1. The van der Waals surface area contributed by atoms with Gasteiger partial charge in [0.15, 0.2) is 0 Å². The maximum absolute atomic E-state index is 12.1. The van der Waals surface area contributed by atoms with E-state index in [0.717, 1.165) is 38.3 Å². The number of piperazine rings is 1. The van der Waals surface area contributed by atoms with E-state index in [2.05, 4.69) is 15.1 Å². The molecule has 2 saturated carbocycles. The number of carbonyl (C=O) groups excluding carboxylic acids is 1. The third-order valence-electron chi connectivity index (χ3n) is 5.68. The number of methoxy groups -OCH3 is 1. The van der Waals surface area contributed by atoms with Crippen LogP contribution in [0, 0.1) is 5.92 Å². The topological polar surface area (TPSA) is 44.8 Å². The minimum absolute atomic E-state index is 0.0973. The first-order chi connectivity index (χ1) is 10.2. The van der Waals surface area contributed by atoms with Gasteiger partial charge in [0, 0.05) is 38.8 Å². The lowest BCUT2D eigenvalue weighted by atomic mass is 9.97. The molecule has 0 aromatic rings. The normalized spacial score (nSPS) is 35.0. The summed E-state index contributed by atoms with van der Waals surface area (Å²) in [6.45, 7) is 5.99. The second-order valence-electron chi connectivity index (χ2n) is 7.00. The molecule has 1 heterocycles. The molecule has 120 valence electrons.